The first-order chi connectivity index (χ1) is 14.6. The lowest BCUT2D eigenvalue weighted by molar-refractivity contribution is -0.141. The molecule has 1 saturated heterocycles. The summed E-state index contributed by atoms with van der Waals surface area (Å²) in [6, 6.07) is 7.31. The molecule has 0 aromatic heterocycles. The summed E-state index contributed by atoms with van der Waals surface area (Å²) in [6.45, 7) is 0.289. The largest absolute Gasteiger partial charge is 0.493 e. The van der Waals surface area contributed by atoms with Crippen molar-refractivity contribution >= 4 is 5.97 Å². The molecule has 158 valence electrons. The number of benzene rings is 2. The highest BCUT2D eigenvalue weighted by Crippen LogP contribution is 2.55. The van der Waals surface area contributed by atoms with Crippen LogP contribution in [0.5, 0.6) is 28.7 Å². The van der Waals surface area contributed by atoms with Gasteiger partial charge in [-0.1, -0.05) is 0 Å². The highest BCUT2D eigenvalue weighted by molar-refractivity contribution is 5.79. The third-order valence-corrected chi connectivity index (χ3v) is 6.19. The molecule has 3 aliphatic rings. The van der Waals surface area contributed by atoms with Crippen LogP contribution in [0.2, 0.25) is 0 Å². The fourth-order valence-corrected chi connectivity index (χ4v) is 4.81. The number of carbonyl (C=O) groups excluding carboxylic acids is 1. The van der Waals surface area contributed by atoms with Crippen molar-refractivity contribution in [3.8, 4) is 28.7 Å². The standard InChI is InChI=1S/C22H22O8/c1-25-16-4-10(5-17(26-2)21(16)27-3)18-11-6-14-15(30-9-29-14)7-12(11)20(23)13-8-28-22(24)19(13)18/h4-7,13,18-20,23H,8-9H2,1-3H3/t13-,18?,19+,20-/m0/s1. The van der Waals surface area contributed by atoms with E-state index < -0.39 is 12.0 Å². The van der Waals surface area contributed by atoms with Crippen molar-refractivity contribution in [2.45, 2.75) is 12.0 Å². The van der Waals surface area contributed by atoms with Crippen LogP contribution < -0.4 is 23.7 Å². The van der Waals surface area contributed by atoms with Crippen molar-refractivity contribution in [1.29, 1.82) is 0 Å². The van der Waals surface area contributed by atoms with Gasteiger partial charge in [0.05, 0.1) is 40.0 Å². The minimum absolute atomic E-state index is 0.123. The number of rotatable bonds is 4. The van der Waals surface area contributed by atoms with Gasteiger partial charge in [-0.05, 0) is 41.0 Å². The fourth-order valence-electron chi connectivity index (χ4n) is 4.81. The number of methoxy groups -OCH3 is 3. The van der Waals surface area contributed by atoms with Crippen LogP contribution in [0.4, 0.5) is 0 Å². The van der Waals surface area contributed by atoms with Crippen LogP contribution in [0.3, 0.4) is 0 Å². The topological polar surface area (TPSA) is 92.7 Å². The molecule has 2 aliphatic heterocycles. The average Bonchev–Trinajstić information content (AvgIpc) is 3.38. The van der Waals surface area contributed by atoms with Crippen LogP contribution in [0.15, 0.2) is 24.3 Å². The van der Waals surface area contributed by atoms with E-state index in [9.17, 15) is 9.90 Å². The normalized spacial score (nSPS) is 25.9. The van der Waals surface area contributed by atoms with Crippen LogP contribution >= 0.6 is 0 Å². The Hall–Kier alpha value is -3.13. The van der Waals surface area contributed by atoms with Gasteiger partial charge in [-0.3, -0.25) is 4.79 Å². The van der Waals surface area contributed by atoms with Crippen molar-refractivity contribution in [1.82, 2.24) is 0 Å². The van der Waals surface area contributed by atoms with Gasteiger partial charge in [0.25, 0.3) is 0 Å². The number of aliphatic hydroxyl groups is 1. The van der Waals surface area contributed by atoms with E-state index >= 15 is 0 Å². The second-order valence-electron chi connectivity index (χ2n) is 7.54. The molecule has 2 aromatic rings. The summed E-state index contributed by atoms with van der Waals surface area (Å²) in [6.07, 6.45) is -0.843. The smallest absolute Gasteiger partial charge is 0.310 e. The fraction of sp³-hybridized carbons (Fsp3) is 0.409. The molecule has 0 radical (unpaired) electrons. The summed E-state index contributed by atoms with van der Waals surface area (Å²) in [5.74, 6) is 0.989. The molecule has 0 bridgehead atoms. The van der Waals surface area contributed by atoms with E-state index in [0.29, 0.717) is 34.3 Å². The van der Waals surface area contributed by atoms with Gasteiger partial charge in [-0.15, -0.1) is 0 Å². The first-order valence-corrected chi connectivity index (χ1v) is 9.65. The van der Waals surface area contributed by atoms with E-state index in [0.717, 1.165) is 11.1 Å². The lowest BCUT2D eigenvalue weighted by Gasteiger charge is -2.37. The maximum Gasteiger partial charge on any atom is 0.310 e. The first-order valence-electron chi connectivity index (χ1n) is 9.65. The van der Waals surface area contributed by atoms with Crippen molar-refractivity contribution in [3.63, 3.8) is 0 Å². The molecule has 2 aromatic carbocycles. The number of carbonyl (C=O) groups is 1. The van der Waals surface area contributed by atoms with Crippen molar-refractivity contribution < 1.29 is 38.3 Å². The summed E-state index contributed by atoms with van der Waals surface area (Å²) in [7, 11) is 4.63. The molecule has 1 N–H and O–H groups in total. The third kappa shape index (κ3) is 2.60. The molecule has 4 atom stereocenters. The van der Waals surface area contributed by atoms with Crippen molar-refractivity contribution in [3.05, 3.63) is 41.0 Å². The van der Waals surface area contributed by atoms with Gasteiger partial charge in [-0.25, -0.2) is 0 Å². The van der Waals surface area contributed by atoms with Crippen LogP contribution in [-0.4, -0.2) is 45.8 Å². The zero-order valence-corrected chi connectivity index (χ0v) is 16.8. The summed E-state index contributed by atoms with van der Waals surface area (Å²) in [5, 5.41) is 11.0. The Kier molecular flexibility index (Phi) is 4.39. The Morgan fingerprint density at radius 3 is 2.13 bits per heavy atom. The number of hydrogen-bond acceptors (Lipinski definition) is 8. The number of cyclic esters (lactones) is 1. The molecular formula is C22H22O8. The van der Waals surface area contributed by atoms with E-state index in [2.05, 4.69) is 0 Å². The highest BCUT2D eigenvalue weighted by atomic mass is 16.7. The van der Waals surface area contributed by atoms with Crippen LogP contribution in [0, 0.1) is 11.8 Å². The quantitative estimate of drug-likeness (QED) is 0.763. The zero-order valence-electron chi connectivity index (χ0n) is 16.8. The van der Waals surface area contributed by atoms with Gasteiger partial charge in [-0.2, -0.15) is 0 Å². The number of fused-ring (bicyclic) bond motifs is 3. The predicted molar refractivity (Wildman–Crippen MR) is 103 cm³/mol. The molecule has 1 aliphatic carbocycles. The second kappa shape index (κ2) is 6.98. The Morgan fingerprint density at radius 1 is 0.900 bits per heavy atom. The van der Waals surface area contributed by atoms with E-state index in [1.807, 2.05) is 18.2 Å². The molecule has 5 rings (SSSR count). The van der Waals surface area contributed by atoms with Crippen LogP contribution in [-0.2, 0) is 9.53 Å². The Morgan fingerprint density at radius 2 is 1.53 bits per heavy atom. The van der Waals surface area contributed by atoms with E-state index in [-0.39, 0.29) is 31.2 Å². The predicted octanol–water partition coefficient (Wildman–Crippen LogP) is 2.41. The van der Waals surface area contributed by atoms with Crippen LogP contribution in [0.25, 0.3) is 0 Å². The zero-order chi connectivity index (χ0) is 21.0. The Labute approximate surface area is 173 Å². The molecule has 30 heavy (non-hydrogen) atoms. The van der Waals surface area contributed by atoms with Gasteiger partial charge >= 0.3 is 5.97 Å². The SMILES string of the molecule is COc1cc(C2c3cc4c(cc3[C@H](O)[C@H]3COC(=O)[C@@H]23)OCO4)cc(OC)c1OC. The summed E-state index contributed by atoms with van der Waals surface area (Å²) in [5.41, 5.74) is 2.30. The summed E-state index contributed by atoms with van der Waals surface area (Å²) < 4.78 is 32.9. The lowest BCUT2D eigenvalue weighted by Crippen LogP contribution is -2.34. The molecule has 1 fully saturated rings. The summed E-state index contributed by atoms with van der Waals surface area (Å²) >= 11 is 0. The minimum Gasteiger partial charge on any atom is -0.493 e. The molecule has 0 saturated carbocycles. The Balaban J connectivity index is 1.74. The van der Waals surface area contributed by atoms with Gasteiger partial charge in [0.2, 0.25) is 12.5 Å². The maximum atomic E-state index is 12.7. The molecule has 2 heterocycles. The van der Waals surface area contributed by atoms with Crippen molar-refractivity contribution in [2.75, 3.05) is 34.7 Å². The molecule has 1 unspecified atom stereocenters. The Bertz CT molecular complexity index is 991. The second-order valence-corrected chi connectivity index (χ2v) is 7.54. The van der Waals surface area contributed by atoms with Crippen molar-refractivity contribution in [2.24, 2.45) is 11.8 Å². The number of hydrogen-bond donors (Lipinski definition) is 1. The maximum absolute atomic E-state index is 12.7. The van der Waals surface area contributed by atoms with Gasteiger partial charge < -0.3 is 33.5 Å². The monoisotopic (exact) mass is 414 g/mol. The third-order valence-electron chi connectivity index (χ3n) is 6.19. The van der Waals surface area contributed by atoms with Gasteiger partial charge in [0, 0.05) is 11.8 Å². The molecular weight excluding hydrogens is 392 g/mol. The number of ether oxygens (including phenoxy) is 6. The molecule has 0 amide bonds. The van der Waals surface area contributed by atoms with E-state index in [4.69, 9.17) is 28.4 Å². The van der Waals surface area contributed by atoms with Crippen LogP contribution in [0.1, 0.15) is 28.7 Å². The average molecular weight is 414 g/mol. The number of esters is 1. The highest BCUT2D eigenvalue weighted by Gasteiger charge is 2.52. The molecule has 0 spiro atoms. The minimum atomic E-state index is -0.843. The van der Waals surface area contributed by atoms with Gasteiger partial charge in [0.1, 0.15) is 0 Å². The van der Waals surface area contributed by atoms with E-state index in [1.54, 1.807) is 20.3 Å². The molecule has 8 heteroatoms. The van der Waals surface area contributed by atoms with Gasteiger partial charge in [0.15, 0.2) is 23.0 Å². The lowest BCUT2D eigenvalue weighted by atomic mass is 9.66. The van der Waals surface area contributed by atoms with E-state index in [1.165, 1.54) is 7.11 Å². The first kappa shape index (κ1) is 18.9. The molecule has 8 nitrogen and oxygen atoms in total. The summed E-state index contributed by atoms with van der Waals surface area (Å²) in [4.78, 5) is 12.7. The number of aliphatic hydroxyl groups excluding tert-OH is 1.